The number of halogens is 1. The molecule has 30 heavy (non-hydrogen) atoms. The quantitative estimate of drug-likeness (QED) is 0.124. The summed E-state index contributed by atoms with van der Waals surface area (Å²) in [7, 11) is 0. The van der Waals surface area contributed by atoms with E-state index in [-0.39, 0.29) is 25.3 Å². The Morgan fingerprint density at radius 1 is 0.967 bits per heavy atom. The van der Waals surface area contributed by atoms with Crippen LogP contribution in [0.2, 0.25) is 0 Å². The molecule has 2 aromatic carbocycles. The van der Waals surface area contributed by atoms with Crippen LogP contribution in [0.4, 0.5) is 0 Å². The second kappa shape index (κ2) is 12.0. The Morgan fingerprint density at radius 3 is 2.07 bits per heavy atom. The van der Waals surface area contributed by atoms with Crippen LogP contribution in [0.15, 0.2) is 60.2 Å². The average Bonchev–Trinajstić information content (AvgIpc) is 2.73. The Labute approximate surface area is 191 Å². The Balaban J connectivity index is 2.76. The maximum absolute atomic E-state index is 12.9. The van der Waals surface area contributed by atoms with Crippen molar-refractivity contribution < 1.29 is 19.1 Å². The van der Waals surface area contributed by atoms with Gasteiger partial charge < -0.3 is 14.4 Å². The third kappa shape index (κ3) is 6.10. The van der Waals surface area contributed by atoms with E-state index >= 15 is 0 Å². The molecule has 2 aromatic rings. The molecule has 6 heteroatoms. The molecule has 0 aliphatic heterocycles. The van der Waals surface area contributed by atoms with Crippen molar-refractivity contribution in [3.8, 4) is 12.3 Å². The lowest BCUT2D eigenvalue weighted by molar-refractivity contribution is -0.146. The van der Waals surface area contributed by atoms with Crippen molar-refractivity contribution in [2.45, 2.75) is 20.4 Å². The largest absolute Gasteiger partial charge is 0.462 e. The van der Waals surface area contributed by atoms with Crippen molar-refractivity contribution >= 4 is 40.2 Å². The van der Waals surface area contributed by atoms with Crippen LogP contribution in [0.3, 0.4) is 0 Å². The number of hydrogen-bond donors (Lipinski definition) is 0. The first-order chi connectivity index (χ1) is 14.5. The summed E-state index contributed by atoms with van der Waals surface area (Å²) in [6.45, 7) is 4.25. The fraction of sp³-hybridized carbons (Fsp3) is 0.250. The third-order valence-electron chi connectivity index (χ3n) is 4.14. The number of hydrogen-bond acceptors (Lipinski definition) is 5. The Morgan fingerprint density at radius 2 is 1.53 bits per heavy atom. The van der Waals surface area contributed by atoms with Crippen molar-refractivity contribution in [2.75, 3.05) is 19.8 Å². The highest BCUT2D eigenvalue weighted by molar-refractivity contribution is 14.1. The minimum atomic E-state index is -0.735. The van der Waals surface area contributed by atoms with E-state index in [9.17, 15) is 9.59 Å². The van der Waals surface area contributed by atoms with Gasteiger partial charge in [0, 0.05) is 15.7 Å². The monoisotopic (exact) mass is 517 g/mol. The first kappa shape index (κ1) is 23.5. The van der Waals surface area contributed by atoms with Gasteiger partial charge in [-0.2, -0.15) is 0 Å². The Kier molecular flexibility index (Phi) is 9.42. The summed E-state index contributed by atoms with van der Waals surface area (Å²) in [6.07, 6.45) is 5.66. The molecule has 0 saturated carbocycles. The van der Waals surface area contributed by atoms with Gasteiger partial charge in [-0.1, -0.05) is 54.5 Å². The summed E-state index contributed by atoms with van der Waals surface area (Å²) >= 11 is 2.17. The molecular weight excluding hydrogens is 493 g/mol. The van der Waals surface area contributed by atoms with E-state index in [4.69, 9.17) is 15.9 Å². The average molecular weight is 517 g/mol. The second-order valence-electron chi connectivity index (χ2n) is 6.19. The van der Waals surface area contributed by atoms with Gasteiger partial charge in [0.25, 0.3) is 0 Å². The molecule has 0 bridgehead atoms. The Bertz CT molecular complexity index is 927. The topological polar surface area (TPSA) is 55.8 Å². The summed E-state index contributed by atoms with van der Waals surface area (Å²) in [5.74, 6) is 1.17. The molecule has 0 aliphatic carbocycles. The zero-order valence-corrected chi connectivity index (χ0v) is 19.2. The molecule has 0 N–H and O–H groups in total. The van der Waals surface area contributed by atoms with Gasteiger partial charge in [-0.15, -0.1) is 6.42 Å². The van der Waals surface area contributed by atoms with E-state index in [1.54, 1.807) is 13.8 Å². The van der Waals surface area contributed by atoms with Gasteiger partial charge in [-0.3, -0.25) is 0 Å². The van der Waals surface area contributed by atoms with Crippen molar-refractivity contribution in [1.82, 2.24) is 4.90 Å². The van der Waals surface area contributed by atoms with E-state index in [2.05, 4.69) is 28.5 Å². The molecule has 0 aromatic heterocycles. The SMILES string of the molecule is C#CCN(Cc1ccccc1)C(=C(C(=O)OCC)C(=O)OCC)c1ccccc1I. The van der Waals surface area contributed by atoms with Crippen molar-refractivity contribution in [1.29, 1.82) is 0 Å². The summed E-state index contributed by atoms with van der Waals surface area (Å²) < 4.78 is 11.3. The van der Waals surface area contributed by atoms with Crippen LogP contribution in [0, 0.1) is 15.9 Å². The number of ether oxygens (including phenoxy) is 2. The first-order valence-corrected chi connectivity index (χ1v) is 10.7. The Hall–Kier alpha value is -2.79. The molecule has 5 nitrogen and oxygen atoms in total. The summed E-state index contributed by atoms with van der Waals surface area (Å²) in [4.78, 5) is 27.6. The number of esters is 2. The molecule has 0 amide bonds. The van der Waals surface area contributed by atoms with E-state index in [0.29, 0.717) is 17.8 Å². The molecular formula is C24H24INO4. The molecule has 0 spiro atoms. The van der Waals surface area contributed by atoms with Crippen LogP contribution in [0.1, 0.15) is 25.0 Å². The number of carbonyl (C=O) groups is 2. The highest BCUT2D eigenvalue weighted by Crippen LogP contribution is 2.30. The lowest BCUT2D eigenvalue weighted by Crippen LogP contribution is -2.29. The molecule has 0 fully saturated rings. The molecule has 156 valence electrons. The zero-order valence-electron chi connectivity index (χ0n) is 17.1. The lowest BCUT2D eigenvalue weighted by Gasteiger charge is -2.28. The lowest BCUT2D eigenvalue weighted by atomic mass is 10.0. The van der Waals surface area contributed by atoms with Gasteiger partial charge in [-0.05, 0) is 48.1 Å². The van der Waals surface area contributed by atoms with E-state index in [1.807, 2.05) is 59.5 Å². The van der Waals surface area contributed by atoms with E-state index < -0.39 is 11.9 Å². The number of rotatable bonds is 9. The number of terminal acetylenes is 1. The smallest absolute Gasteiger partial charge is 0.347 e. The maximum atomic E-state index is 12.9. The second-order valence-corrected chi connectivity index (χ2v) is 7.35. The molecule has 0 saturated heterocycles. The number of nitrogens with zero attached hydrogens (tertiary/aromatic N) is 1. The van der Waals surface area contributed by atoms with Crippen LogP contribution in [0.5, 0.6) is 0 Å². The van der Waals surface area contributed by atoms with Crippen LogP contribution >= 0.6 is 22.6 Å². The fourth-order valence-electron chi connectivity index (χ4n) is 2.93. The van der Waals surface area contributed by atoms with E-state index in [1.165, 1.54) is 0 Å². The van der Waals surface area contributed by atoms with Gasteiger partial charge in [0.2, 0.25) is 0 Å². The molecule has 0 heterocycles. The van der Waals surface area contributed by atoms with Crippen LogP contribution in [-0.4, -0.2) is 36.6 Å². The molecule has 0 aliphatic rings. The predicted octanol–water partition coefficient (Wildman–Crippen LogP) is 4.26. The minimum absolute atomic E-state index is 0.134. The molecule has 0 radical (unpaired) electrons. The molecule has 2 rings (SSSR count). The van der Waals surface area contributed by atoms with Crippen LogP contribution in [-0.2, 0) is 25.6 Å². The first-order valence-electron chi connectivity index (χ1n) is 9.59. The maximum Gasteiger partial charge on any atom is 0.347 e. The zero-order chi connectivity index (χ0) is 21.9. The van der Waals surface area contributed by atoms with Gasteiger partial charge >= 0.3 is 11.9 Å². The summed E-state index contributed by atoms with van der Waals surface area (Å²) in [5.41, 5.74) is 1.94. The molecule has 0 unspecified atom stereocenters. The highest BCUT2D eigenvalue weighted by Gasteiger charge is 2.31. The van der Waals surface area contributed by atoms with Crippen LogP contribution < -0.4 is 0 Å². The van der Waals surface area contributed by atoms with Gasteiger partial charge in [0.1, 0.15) is 0 Å². The minimum Gasteiger partial charge on any atom is -0.462 e. The van der Waals surface area contributed by atoms with Gasteiger partial charge in [0.05, 0.1) is 25.5 Å². The molecule has 0 atom stereocenters. The highest BCUT2D eigenvalue weighted by atomic mass is 127. The standard InChI is InChI=1S/C24H24INO4/c1-4-16-26(17-18-12-8-7-9-13-18)22(19-14-10-11-15-20(19)25)21(23(27)29-5-2)24(28)30-6-3/h1,7-15H,5-6,16-17H2,2-3H3. The van der Waals surface area contributed by atoms with Crippen molar-refractivity contribution in [3.05, 3.63) is 74.9 Å². The third-order valence-corrected chi connectivity index (χ3v) is 5.08. The normalized spacial score (nSPS) is 9.93. The van der Waals surface area contributed by atoms with Crippen molar-refractivity contribution in [2.24, 2.45) is 0 Å². The number of benzene rings is 2. The number of carbonyl (C=O) groups excluding carboxylic acids is 2. The predicted molar refractivity (Wildman–Crippen MR) is 125 cm³/mol. The fourth-order valence-corrected chi connectivity index (χ4v) is 3.57. The summed E-state index contributed by atoms with van der Waals surface area (Å²) in [6, 6.07) is 17.2. The van der Waals surface area contributed by atoms with Crippen LogP contribution in [0.25, 0.3) is 5.70 Å². The van der Waals surface area contributed by atoms with Gasteiger partial charge in [0.15, 0.2) is 5.57 Å². The van der Waals surface area contributed by atoms with E-state index in [0.717, 1.165) is 9.13 Å². The van der Waals surface area contributed by atoms with Gasteiger partial charge in [-0.25, -0.2) is 9.59 Å². The van der Waals surface area contributed by atoms with Crippen molar-refractivity contribution in [3.63, 3.8) is 0 Å². The summed E-state index contributed by atoms with van der Waals surface area (Å²) in [5, 5.41) is 0.